The number of benzene rings is 2. The van der Waals surface area contributed by atoms with Crippen molar-refractivity contribution in [1.82, 2.24) is 0 Å². The molecule has 2 aromatic carbocycles. The summed E-state index contributed by atoms with van der Waals surface area (Å²) >= 11 is 0. The van der Waals surface area contributed by atoms with Crippen molar-refractivity contribution in [2.45, 2.75) is 241 Å². The largest absolute Gasteiger partial charge is 0.507 e. The molecule has 2 aromatic rings. The maximum atomic E-state index is 15.0. The highest BCUT2D eigenvalue weighted by molar-refractivity contribution is 6.11. The number of methoxy groups -OCH3 is 1. The van der Waals surface area contributed by atoms with Gasteiger partial charge in [-0.15, -0.1) is 0 Å². The van der Waals surface area contributed by atoms with E-state index in [1.165, 1.54) is 46.9 Å². The number of hydrogen-bond donors (Lipinski definition) is 11. The van der Waals surface area contributed by atoms with Gasteiger partial charge in [-0.2, -0.15) is 0 Å². The van der Waals surface area contributed by atoms with Gasteiger partial charge in [-0.25, -0.2) is 0 Å². The highest BCUT2D eigenvalue weighted by Crippen LogP contribution is 2.47. The van der Waals surface area contributed by atoms with Crippen LogP contribution in [0.3, 0.4) is 0 Å². The van der Waals surface area contributed by atoms with Gasteiger partial charge in [-0.1, -0.05) is 0 Å². The highest BCUT2D eigenvalue weighted by atomic mass is 16.7. The summed E-state index contributed by atoms with van der Waals surface area (Å²) < 4.78 is 66.5. The normalized spacial score (nSPS) is 42.5. The molecule has 0 radical (unpaired) electrons. The molecule has 24 heteroatoms. The lowest BCUT2D eigenvalue weighted by Crippen LogP contribution is -2.58. The number of fused-ring (bicyclic) bond motifs is 2. The number of rotatable bonds is 15. The van der Waals surface area contributed by atoms with E-state index in [9.17, 15) is 61.0 Å². The molecule has 76 heavy (non-hydrogen) atoms. The predicted molar refractivity (Wildman–Crippen MR) is 259 cm³/mol. The molecular formula is C52H76O24. The standard InChI is InChI=1S/C52H76O24/c1-18-29(72-34-14-30(43(58)21(4)68-34)73-33-13-28(54)42(57)20(3)67-33)12-26-10-25-11-27(49(66-9)48(63)41(56)19(2)53)50(47(62)39(25)46(61)38(26)40(18)55)76-36-16-31(44(59)23(6)70-36)74-35-15-32(45(60)22(5)69-35)75-37-17-52(8,65)51(64)24(7)71-37/h10,12,19-24,27-28,30-37,41-45,49-51,53-61,64-65H,11,13-17H2,1-9H3/t19-,20-,21-,22-,23-,24-,27+,28-,30-,31-,32-,33+,34+,35?,36+,37+,41+,42-,43-,44-,45-,49+,50+,51-,52+/m1/s1. The number of hydrogen-bond acceptors (Lipinski definition) is 24. The Hall–Kier alpha value is -3.32. The van der Waals surface area contributed by atoms with E-state index in [1.807, 2.05) is 0 Å². The van der Waals surface area contributed by atoms with Gasteiger partial charge in [0.2, 0.25) is 6.29 Å². The summed E-state index contributed by atoms with van der Waals surface area (Å²) in [6.45, 7) is 12.1. The fourth-order valence-electron chi connectivity index (χ4n) is 11.3. The Morgan fingerprint density at radius 3 is 1.70 bits per heavy atom. The monoisotopic (exact) mass is 1080 g/mol. The molecular weight excluding hydrogens is 1010 g/mol. The lowest BCUT2D eigenvalue weighted by atomic mass is 9.75. The first-order valence-corrected chi connectivity index (χ1v) is 26.0. The van der Waals surface area contributed by atoms with Crippen LogP contribution in [-0.4, -0.2) is 222 Å². The first kappa shape index (κ1) is 58.8. The number of ether oxygens (including phenoxy) is 11. The highest BCUT2D eigenvalue weighted by Gasteiger charge is 2.51. The van der Waals surface area contributed by atoms with Gasteiger partial charge in [0.15, 0.2) is 36.7 Å². The van der Waals surface area contributed by atoms with Crippen LogP contribution in [0.2, 0.25) is 0 Å². The summed E-state index contributed by atoms with van der Waals surface area (Å²) in [5, 5.41) is 120. The van der Waals surface area contributed by atoms with E-state index in [0.29, 0.717) is 0 Å². The molecule has 24 nitrogen and oxygen atoms in total. The van der Waals surface area contributed by atoms with Crippen LogP contribution in [0.5, 0.6) is 17.2 Å². The Morgan fingerprint density at radius 2 is 1.17 bits per heavy atom. The zero-order chi connectivity index (χ0) is 55.6. The molecule has 8 rings (SSSR count). The molecule has 1 aliphatic carbocycles. The first-order chi connectivity index (χ1) is 35.7. The van der Waals surface area contributed by atoms with Crippen molar-refractivity contribution in [2.24, 2.45) is 5.92 Å². The summed E-state index contributed by atoms with van der Waals surface area (Å²) in [5.74, 6) is -4.07. The van der Waals surface area contributed by atoms with Crippen molar-refractivity contribution in [3.8, 4) is 17.2 Å². The van der Waals surface area contributed by atoms with Gasteiger partial charge in [0.05, 0.1) is 77.6 Å². The van der Waals surface area contributed by atoms with Gasteiger partial charge in [0.1, 0.15) is 66.1 Å². The van der Waals surface area contributed by atoms with Gasteiger partial charge >= 0.3 is 0 Å². The molecule has 0 spiro atoms. The number of phenols is 2. The molecule has 5 heterocycles. The Kier molecular flexibility index (Phi) is 18.1. The molecule has 0 bridgehead atoms. The minimum atomic E-state index is -1.95. The SMILES string of the molecule is CO[C@H](C(=O)[C@@H](O)[C@@H](C)O)[C@@H]1Cc2cc3cc(O[C@H]4C[C@@H](O[C@H]5C[C@@H](O)[C@H](O)[C@@H](C)O5)[C@H](O)[C@@H](C)O4)c(C)c(O)c3c(O)c2C(=O)[C@H]1O[C@H]1C[C@@H](OC2C[C@@H](O[C@H]3C[C@](C)(O)[C@H](O)[C@@H](C)O3)[C@H](O)[C@@H](C)O2)[C@H](O)[C@@H](C)O1. The lowest BCUT2D eigenvalue weighted by molar-refractivity contribution is -0.334. The molecule has 0 amide bonds. The van der Waals surface area contributed by atoms with E-state index in [-0.39, 0.29) is 71.7 Å². The molecule has 11 N–H and O–H groups in total. The van der Waals surface area contributed by atoms with Crippen LogP contribution in [0.1, 0.15) is 102 Å². The topological polar surface area (TPSA) is 358 Å². The van der Waals surface area contributed by atoms with E-state index in [2.05, 4.69) is 0 Å². The predicted octanol–water partition coefficient (Wildman–Crippen LogP) is -0.249. The van der Waals surface area contributed by atoms with Crippen LogP contribution >= 0.6 is 0 Å². The second-order valence-corrected chi connectivity index (χ2v) is 21.7. The minimum absolute atomic E-state index is 0.0365. The summed E-state index contributed by atoms with van der Waals surface area (Å²) in [6, 6.07) is 3.03. The molecule has 25 atom stereocenters. The Labute approximate surface area is 439 Å². The Morgan fingerprint density at radius 1 is 0.684 bits per heavy atom. The van der Waals surface area contributed by atoms with Crippen LogP contribution in [-0.2, 0) is 58.6 Å². The summed E-state index contributed by atoms with van der Waals surface area (Å²) in [6.07, 6.45) is -27.0. The van der Waals surface area contributed by atoms with Crippen LogP contribution in [0.25, 0.3) is 10.8 Å². The third-order valence-corrected chi connectivity index (χ3v) is 15.9. The van der Waals surface area contributed by atoms with E-state index in [4.69, 9.17) is 52.1 Å². The second kappa shape index (κ2) is 23.4. The average Bonchev–Trinajstić information content (AvgIpc) is 3.38. The maximum Gasteiger partial charge on any atom is 0.202 e. The minimum Gasteiger partial charge on any atom is -0.507 e. The smallest absolute Gasteiger partial charge is 0.202 e. The quantitative estimate of drug-likeness (QED) is 0.110. The number of phenolic OH excluding ortho intramolecular Hbond substituents is 2. The molecule has 0 saturated carbocycles. The van der Waals surface area contributed by atoms with Crippen molar-refractivity contribution in [1.29, 1.82) is 0 Å². The zero-order valence-electron chi connectivity index (χ0n) is 44.0. The van der Waals surface area contributed by atoms with Crippen molar-refractivity contribution >= 4 is 22.3 Å². The van der Waals surface area contributed by atoms with Crippen LogP contribution in [0.4, 0.5) is 0 Å². The van der Waals surface area contributed by atoms with Crippen molar-refractivity contribution < 1.29 is 118 Å². The van der Waals surface area contributed by atoms with E-state index < -0.39 is 176 Å². The average molecular weight is 1090 g/mol. The second-order valence-electron chi connectivity index (χ2n) is 21.7. The third kappa shape index (κ3) is 11.9. The molecule has 5 saturated heterocycles. The summed E-state index contributed by atoms with van der Waals surface area (Å²) in [7, 11) is 1.18. The number of carbonyl (C=O) groups excluding carboxylic acids is 2. The van der Waals surface area contributed by atoms with E-state index in [1.54, 1.807) is 27.7 Å². The van der Waals surface area contributed by atoms with Gasteiger partial charge in [0, 0.05) is 50.7 Å². The Balaban J connectivity index is 1.04. The van der Waals surface area contributed by atoms with E-state index >= 15 is 4.79 Å². The van der Waals surface area contributed by atoms with E-state index in [0.717, 1.165) is 0 Å². The zero-order valence-corrected chi connectivity index (χ0v) is 44.0. The van der Waals surface area contributed by atoms with Gasteiger partial charge in [-0.3, -0.25) is 9.59 Å². The van der Waals surface area contributed by atoms with Crippen molar-refractivity contribution in [2.75, 3.05) is 7.11 Å². The fraction of sp³-hybridized carbons (Fsp3) is 0.769. The van der Waals surface area contributed by atoms with Crippen LogP contribution in [0, 0.1) is 12.8 Å². The number of aromatic hydroxyl groups is 2. The maximum absolute atomic E-state index is 15.0. The number of aliphatic hydroxyl groups is 9. The Bertz CT molecular complexity index is 2350. The summed E-state index contributed by atoms with van der Waals surface area (Å²) in [5.41, 5.74) is -1.47. The van der Waals surface area contributed by atoms with Gasteiger partial charge in [0.25, 0.3) is 0 Å². The van der Waals surface area contributed by atoms with Gasteiger partial charge < -0.3 is 108 Å². The third-order valence-electron chi connectivity index (χ3n) is 15.9. The molecule has 428 valence electrons. The lowest BCUT2D eigenvalue weighted by Gasteiger charge is -2.46. The molecule has 5 aliphatic heterocycles. The summed E-state index contributed by atoms with van der Waals surface area (Å²) in [4.78, 5) is 28.9. The first-order valence-electron chi connectivity index (χ1n) is 26.0. The number of aliphatic hydroxyl groups excluding tert-OH is 8. The van der Waals surface area contributed by atoms with Crippen molar-refractivity contribution in [3.63, 3.8) is 0 Å². The molecule has 0 aromatic heterocycles. The van der Waals surface area contributed by atoms with Crippen LogP contribution in [0.15, 0.2) is 12.1 Å². The van der Waals surface area contributed by atoms with Gasteiger partial charge in [-0.05, 0) is 84.9 Å². The number of ketones is 2. The molecule has 6 aliphatic rings. The van der Waals surface area contributed by atoms with Crippen molar-refractivity contribution in [3.05, 3.63) is 28.8 Å². The van der Waals surface area contributed by atoms with Crippen LogP contribution < -0.4 is 4.74 Å². The molecule has 5 fully saturated rings. The number of Topliss-reactive ketones (excluding diaryl/α,β-unsaturated/α-hetero) is 2. The number of carbonyl (C=O) groups is 2. The fourth-order valence-corrected chi connectivity index (χ4v) is 11.3. The molecule has 1 unspecified atom stereocenters.